The molecule has 0 saturated carbocycles. The molecular formula is C18H20N2O4S. The Kier molecular flexibility index (Phi) is 5.06. The van der Waals surface area contributed by atoms with Gasteiger partial charge >= 0.3 is 0 Å². The van der Waals surface area contributed by atoms with Crippen LogP contribution >= 0.6 is 0 Å². The van der Waals surface area contributed by atoms with E-state index in [0.717, 1.165) is 5.56 Å². The van der Waals surface area contributed by atoms with Crippen LogP contribution in [0.5, 0.6) is 5.75 Å². The van der Waals surface area contributed by atoms with Crippen LogP contribution in [-0.4, -0.2) is 38.8 Å². The lowest BCUT2D eigenvalue weighted by molar-refractivity contribution is -0.116. The van der Waals surface area contributed by atoms with Crippen molar-refractivity contribution < 1.29 is 17.9 Å². The van der Waals surface area contributed by atoms with E-state index in [1.54, 1.807) is 12.1 Å². The normalized spacial score (nSPS) is 14.1. The van der Waals surface area contributed by atoms with Crippen molar-refractivity contribution in [2.24, 2.45) is 0 Å². The number of likely N-dealkylation sites (N-methyl/N-ethyl adjacent to an activating group) is 1. The van der Waals surface area contributed by atoms with Crippen molar-refractivity contribution >= 4 is 21.6 Å². The summed E-state index contributed by atoms with van der Waals surface area (Å²) in [6.45, 7) is 0.506. The molecule has 0 unspecified atom stereocenters. The number of hydrogen-bond donors (Lipinski definition) is 1. The number of ether oxygens (including phenoxy) is 1. The number of carbonyl (C=O) groups is 1. The number of fused-ring (bicyclic) bond motifs is 1. The quantitative estimate of drug-likeness (QED) is 0.857. The number of nitrogens with one attached hydrogen (secondary N) is 1. The van der Waals surface area contributed by atoms with Gasteiger partial charge in [-0.1, -0.05) is 18.2 Å². The van der Waals surface area contributed by atoms with E-state index in [0.29, 0.717) is 24.3 Å². The number of para-hydroxylation sites is 1. The number of nitrogens with zero attached hydrogens (tertiary/aromatic N) is 1. The van der Waals surface area contributed by atoms with E-state index in [4.69, 9.17) is 4.74 Å². The average Bonchev–Trinajstić information content (AvgIpc) is 2.62. The summed E-state index contributed by atoms with van der Waals surface area (Å²) in [7, 11) is -2.07. The molecular weight excluding hydrogens is 340 g/mol. The van der Waals surface area contributed by atoms with Crippen LogP contribution in [0.2, 0.25) is 0 Å². The van der Waals surface area contributed by atoms with Crippen LogP contribution in [-0.2, 0) is 21.2 Å². The first kappa shape index (κ1) is 17.4. The van der Waals surface area contributed by atoms with Gasteiger partial charge in [0.1, 0.15) is 12.4 Å². The Bertz CT molecular complexity index is 866. The molecule has 3 rings (SSSR count). The Morgan fingerprint density at radius 3 is 2.64 bits per heavy atom. The molecule has 0 atom stereocenters. The zero-order valence-corrected chi connectivity index (χ0v) is 14.8. The molecule has 1 amide bonds. The van der Waals surface area contributed by atoms with E-state index in [1.807, 2.05) is 30.3 Å². The Labute approximate surface area is 147 Å². The summed E-state index contributed by atoms with van der Waals surface area (Å²) in [4.78, 5) is 11.6. The van der Waals surface area contributed by atoms with Gasteiger partial charge in [0.15, 0.2) is 0 Å². The molecule has 1 N–H and O–H groups in total. The molecule has 0 spiro atoms. The zero-order chi connectivity index (χ0) is 17.9. The summed E-state index contributed by atoms with van der Waals surface area (Å²) in [6, 6.07) is 14.1. The SMILES string of the molecule is CN(CCOc1ccccc1)S(=O)(=O)c1ccc2c(c1)CCC(=O)N2. The number of hydrogen-bond acceptors (Lipinski definition) is 4. The summed E-state index contributed by atoms with van der Waals surface area (Å²) in [5.41, 5.74) is 1.53. The fourth-order valence-corrected chi connectivity index (χ4v) is 3.84. The van der Waals surface area contributed by atoms with E-state index < -0.39 is 10.0 Å². The Balaban J connectivity index is 1.67. The highest BCUT2D eigenvalue weighted by atomic mass is 32.2. The maximum Gasteiger partial charge on any atom is 0.242 e. The van der Waals surface area contributed by atoms with Crippen molar-refractivity contribution in [1.29, 1.82) is 0 Å². The fraction of sp³-hybridized carbons (Fsp3) is 0.278. The molecule has 0 aromatic heterocycles. The molecule has 0 radical (unpaired) electrons. The number of anilines is 1. The van der Waals surface area contributed by atoms with Gasteiger partial charge in [0, 0.05) is 25.7 Å². The van der Waals surface area contributed by atoms with Crippen molar-refractivity contribution in [3.8, 4) is 5.75 Å². The zero-order valence-electron chi connectivity index (χ0n) is 13.9. The maximum absolute atomic E-state index is 12.7. The van der Waals surface area contributed by atoms with Gasteiger partial charge in [0.25, 0.3) is 0 Å². The largest absolute Gasteiger partial charge is 0.492 e. The van der Waals surface area contributed by atoms with Gasteiger partial charge in [0.2, 0.25) is 15.9 Å². The van der Waals surface area contributed by atoms with E-state index in [2.05, 4.69) is 5.32 Å². The highest BCUT2D eigenvalue weighted by Crippen LogP contribution is 2.26. The van der Waals surface area contributed by atoms with E-state index >= 15 is 0 Å². The lowest BCUT2D eigenvalue weighted by Gasteiger charge is -2.20. The van der Waals surface area contributed by atoms with E-state index in [-0.39, 0.29) is 24.0 Å². The van der Waals surface area contributed by atoms with Gasteiger partial charge in [-0.3, -0.25) is 4.79 Å². The summed E-state index contributed by atoms with van der Waals surface area (Å²) >= 11 is 0. The van der Waals surface area contributed by atoms with Crippen LogP contribution in [0.4, 0.5) is 5.69 Å². The van der Waals surface area contributed by atoms with Crippen molar-refractivity contribution in [1.82, 2.24) is 4.31 Å². The first-order valence-electron chi connectivity index (χ1n) is 8.04. The predicted octanol–water partition coefficient (Wildman–Crippen LogP) is 2.27. The Hall–Kier alpha value is -2.38. The minimum Gasteiger partial charge on any atom is -0.492 e. The van der Waals surface area contributed by atoms with Crippen molar-refractivity contribution in [2.45, 2.75) is 17.7 Å². The van der Waals surface area contributed by atoms with Gasteiger partial charge in [-0.05, 0) is 42.3 Å². The van der Waals surface area contributed by atoms with Crippen LogP contribution < -0.4 is 10.1 Å². The second kappa shape index (κ2) is 7.25. The second-order valence-electron chi connectivity index (χ2n) is 5.86. The van der Waals surface area contributed by atoms with Crippen molar-refractivity contribution in [3.63, 3.8) is 0 Å². The Morgan fingerprint density at radius 1 is 1.12 bits per heavy atom. The number of benzene rings is 2. The highest BCUT2D eigenvalue weighted by Gasteiger charge is 2.23. The molecule has 1 aliphatic heterocycles. The van der Waals surface area contributed by atoms with Gasteiger partial charge < -0.3 is 10.1 Å². The molecule has 0 fully saturated rings. The van der Waals surface area contributed by atoms with Crippen molar-refractivity contribution in [3.05, 3.63) is 54.1 Å². The number of amides is 1. The highest BCUT2D eigenvalue weighted by molar-refractivity contribution is 7.89. The lowest BCUT2D eigenvalue weighted by Crippen LogP contribution is -2.31. The smallest absolute Gasteiger partial charge is 0.242 e. The van der Waals surface area contributed by atoms with Crippen LogP contribution in [0, 0.1) is 0 Å². The third-order valence-corrected chi connectivity index (χ3v) is 5.95. The third kappa shape index (κ3) is 4.00. The minimum absolute atomic E-state index is 0.0433. The molecule has 0 aliphatic carbocycles. The van der Waals surface area contributed by atoms with Gasteiger partial charge in [-0.15, -0.1) is 0 Å². The number of sulfonamides is 1. The summed E-state index contributed by atoms with van der Waals surface area (Å²) in [6.07, 6.45) is 0.919. The molecule has 1 aliphatic rings. The van der Waals surface area contributed by atoms with Crippen LogP contribution in [0.25, 0.3) is 0 Å². The monoisotopic (exact) mass is 360 g/mol. The molecule has 132 valence electrons. The van der Waals surface area contributed by atoms with Crippen LogP contribution in [0.1, 0.15) is 12.0 Å². The molecule has 7 heteroatoms. The topological polar surface area (TPSA) is 75.7 Å². The van der Waals surface area contributed by atoms with Crippen LogP contribution in [0.15, 0.2) is 53.4 Å². The minimum atomic E-state index is -3.60. The number of carbonyl (C=O) groups excluding carboxylic acids is 1. The number of aryl methyl sites for hydroxylation is 1. The summed E-state index contributed by atoms with van der Waals surface area (Å²) in [5, 5.41) is 2.75. The molecule has 0 saturated heterocycles. The number of rotatable bonds is 6. The van der Waals surface area contributed by atoms with Gasteiger partial charge in [-0.2, -0.15) is 4.31 Å². The molecule has 2 aromatic rings. The summed E-state index contributed by atoms with van der Waals surface area (Å²) < 4.78 is 32.2. The van der Waals surface area contributed by atoms with Crippen molar-refractivity contribution in [2.75, 3.05) is 25.5 Å². The fourth-order valence-electron chi connectivity index (χ4n) is 2.63. The maximum atomic E-state index is 12.7. The molecule has 2 aromatic carbocycles. The predicted molar refractivity (Wildman–Crippen MR) is 95.1 cm³/mol. The standard InChI is InChI=1S/C18H20N2O4S/c1-20(11-12-24-15-5-3-2-4-6-15)25(22,23)16-8-9-17-14(13-16)7-10-18(21)19-17/h2-6,8-9,13H,7,10-12H2,1H3,(H,19,21). The van der Waals surface area contributed by atoms with E-state index in [1.165, 1.54) is 17.4 Å². The average molecular weight is 360 g/mol. The first-order valence-corrected chi connectivity index (χ1v) is 9.48. The summed E-state index contributed by atoms with van der Waals surface area (Å²) in [5.74, 6) is 0.663. The Morgan fingerprint density at radius 2 is 1.88 bits per heavy atom. The lowest BCUT2D eigenvalue weighted by atomic mass is 10.0. The van der Waals surface area contributed by atoms with Crippen LogP contribution in [0.3, 0.4) is 0 Å². The molecule has 25 heavy (non-hydrogen) atoms. The molecule has 1 heterocycles. The molecule has 0 bridgehead atoms. The first-order chi connectivity index (χ1) is 12.0. The van der Waals surface area contributed by atoms with Gasteiger partial charge in [0.05, 0.1) is 4.90 Å². The third-order valence-electron chi connectivity index (χ3n) is 4.10. The van der Waals surface area contributed by atoms with Gasteiger partial charge in [-0.25, -0.2) is 8.42 Å². The van der Waals surface area contributed by atoms with E-state index in [9.17, 15) is 13.2 Å². The molecule has 6 nitrogen and oxygen atoms in total. The second-order valence-corrected chi connectivity index (χ2v) is 7.90.